The third-order valence-electron chi connectivity index (χ3n) is 4.86. The van der Waals surface area contributed by atoms with Crippen molar-refractivity contribution in [1.82, 2.24) is 15.0 Å². The summed E-state index contributed by atoms with van der Waals surface area (Å²) in [6.45, 7) is 0. The summed E-state index contributed by atoms with van der Waals surface area (Å²) in [5, 5.41) is 0.208. The predicted molar refractivity (Wildman–Crippen MR) is 94.1 cm³/mol. The van der Waals surface area contributed by atoms with Gasteiger partial charge in [0.1, 0.15) is 5.69 Å². The maximum atomic E-state index is 6.38. The Labute approximate surface area is 147 Å². The van der Waals surface area contributed by atoms with Crippen molar-refractivity contribution in [3.05, 3.63) is 47.3 Å². The molecule has 0 aliphatic heterocycles. The molecule has 1 saturated carbocycles. The summed E-state index contributed by atoms with van der Waals surface area (Å²) in [5.74, 6) is 1.77. The summed E-state index contributed by atoms with van der Waals surface area (Å²) in [6, 6.07) is 5.98. The maximum Gasteiger partial charge on any atom is 0.222 e. The van der Waals surface area contributed by atoms with Gasteiger partial charge in [-0.15, -0.1) is 0 Å². The number of pyridine rings is 1. The molecule has 24 heavy (non-hydrogen) atoms. The van der Waals surface area contributed by atoms with Crippen LogP contribution in [0.25, 0.3) is 0 Å². The lowest BCUT2D eigenvalue weighted by atomic mass is 9.77. The van der Waals surface area contributed by atoms with Crippen molar-refractivity contribution in [3.63, 3.8) is 0 Å². The van der Waals surface area contributed by atoms with Gasteiger partial charge in [0.15, 0.2) is 5.75 Å². The number of rotatable bonds is 5. The molecule has 2 aromatic rings. The fraction of sp³-hybridized carbons (Fsp3) is 0.500. The van der Waals surface area contributed by atoms with Crippen LogP contribution in [0, 0.1) is 5.92 Å². The van der Waals surface area contributed by atoms with Gasteiger partial charge in [-0.3, -0.25) is 4.98 Å². The summed E-state index contributed by atoms with van der Waals surface area (Å²) >= 11 is 5.91. The molecule has 128 valence electrons. The Morgan fingerprint density at radius 2 is 2.04 bits per heavy atom. The SMILES string of the molecule is COc1cnc(Cl)nc1C(N)CC1CCC(c2ccccn2)CC1. The number of nitrogens with zero attached hydrogens (tertiary/aromatic N) is 3. The first-order valence-corrected chi connectivity index (χ1v) is 8.78. The van der Waals surface area contributed by atoms with Gasteiger partial charge in [-0.05, 0) is 61.8 Å². The van der Waals surface area contributed by atoms with Gasteiger partial charge in [0.05, 0.1) is 19.3 Å². The number of ether oxygens (including phenoxy) is 1. The molecule has 0 amide bonds. The maximum absolute atomic E-state index is 6.38. The van der Waals surface area contributed by atoms with Crippen LogP contribution in [0.4, 0.5) is 0 Å². The van der Waals surface area contributed by atoms with E-state index >= 15 is 0 Å². The lowest BCUT2D eigenvalue weighted by Gasteiger charge is -2.29. The highest BCUT2D eigenvalue weighted by atomic mass is 35.5. The summed E-state index contributed by atoms with van der Waals surface area (Å²) in [6.07, 6.45) is 9.00. The van der Waals surface area contributed by atoms with Gasteiger partial charge < -0.3 is 10.5 Å². The van der Waals surface area contributed by atoms with Gasteiger partial charge >= 0.3 is 0 Å². The monoisotopic (exact) mass is 346 g/mol. The smallest absolute Gasteiger partial charge is 0.222 e. The molecule has 2 N–H and O–H groups in total. The molecule has 3 rings (SSSR count). The van der Waals surface area contributed by atoms with E-state index in [0.29, 0.717) is 23.3 Å². The van der Waals surface area contributed by atoms with E-state index in [1.807, 2.05) is 12.3 Å². The lowest BCUT2D eigenvalue weighted by Crippen LogP contribution is -2.21. The number of hydrogen-bond acceptors (Lipinski definition) is 5. The normalized spacial score (nSPS) is 22.1. The fourth-order valence-electron chi connectivity index (χ4n) is 3.57. The van der Waals surface area contributed by atoms with Crippen LogP contribution in [0.3, 0.4) is 0 Å². The second kappa shape index (κ2) is 7.90. The number of nitrogens with two attached hydrogens (primary N) is 1. The molecule has 1 unspecified atom stereocenters. The average molecular weight is 347 g/mol. The molecule has 1 atom stereocenters. The molecule has 1 aliphatic carbocycles. The van der Waals surface area contributed by atoms with Gasteiger partial charge in [0.2, 0.25) is 5.28 Å². The first-order chi connectivity index (χ1) is 11.7. The van der Waals surface area contributed by atoms with Crippen LogP contribution in [0.2, 0.25) is 5.28 Å². The zero-order valence-corrected chi connectivity index (χ0v) is 14.6. The van der Waals surface area contributed by atoms with Gasteiger partial charge in [-0.1, -0.05) is 6.07 Å². The van der Waals surface area contributed by atoms with Gasteiger partial charge in [0.25, 0.3) is 0 Å². The van der Waals surface area contributed by atoms with Crippen LogP contribution >= 0.6 is 11.6 Å². The van der Waals surface area contributed by atoms with Crippen LogP contribution < -0.4 is 10.5 Å². The second-order valence-electron chi connectivity index (χ2n) is 6.41. The van der Waals surface area contributed by atoms with E-state index < -0.39 is 0 Å². The van der Waals surface area contributed by atoms with Crippen molar-refractivity contribution in [2.45, 2.75) is 44.1 Å². The number of aromatic nitrogens is 3. The molecule has 0 radical (unpaired) electrons. The van der Waals surface area contributed by atoms with Gasteiger partial charge in [0, 0.05) is 17.8 Å². The zero-order chi connectivity index (χ0) is 16.9. The highest BCUT2D eigenvalue weighted by Gasteiger charge is 2.26. The highest BCUT2D eigenvalue weighted by Crippen LogP contribution is 2.38. The minimum atomic E-state index is -0.183. The Hall–Kier alpha value is -1.72. The summed E-state index contributed by atoms with van der Waals surface area (Å²) in [4.78, 5) is 12.7. The number of halogens is 1. The third kappa shape index (κ3) is 4.02. The van der Waals surface area contributed by atoms with Gasteiger partial charge in [-0.2, -0.15) is 0 Å². The Morgan fingerprint density at radius 3 is 2.71 bits per heavy atom. The van der Waals surface area contributed by atoms with Crippen LogP contribution in [0.5, 0.6) is 5.75 Å². The predicted octanol–water partition coefficient (Wildman–Crippen LogP) is 3.90. The van der Waals surface area contributed by atoms with Crippen molar-refractivity contribution in [3.8, 4) is 5.75 Å². The first-order valence-electron chi connectivity index (χ1n) is 8.40. The summed E-state index contributed by atoms with van der Waals surface area (Å²) < 4.78 is 5.31. The quantitative estimate of drug-likeness (QED) is 0.831. The second-order valence-corrected chi connectivity index (χ2v) is 6.75. The van der Waals surface area contributed by atoms with E-state index in [9.17, 15) is 0 Å². The van der Waals surface area contributed by atoms with E-state index in [1.54, 1.807) is 13.3 Å². The Morgan fingerprint density at radius 1 is 1.25 bits per heavy atom. The number of hydrogen-bond donors (Lipinski definition) is 1. The zero-order valence-electron chi connectivity index (χ0n) is 13.9. The summed E-state index contributed by atoms with van der Waals surface area (Å²) in [5.41, 5.74) is 8.29. The van der Waals surface area contributed by atoms with Crippen LogP contribution in [-0.4, -0.2) is 22.1 Å². The molecular formula is C18H23ClN4O. The Kier molecular flexibility index (Phi) is 5.63. The largest absolute Gasteiger partial charge is 0.493 e. The topological polar surface area (TPSA) is 73.9 Å². The van der Waals surface area contributed by atoms with Crippen molar-refractivity contribution in [1.29, 1.82) is 0 Å². The van der Waals surface area contributed by atoms with Crippen molar-refractivity contribution in [2.24, 2.45) is 11.7 Å². The molecule has 1 fully saturated rings. The van der Waals surface area contributed by atoms with Crippen LogP contribution in [0.15, 0.2) is 30.6 Å². The third-order valence-corrected chi connectivity index (χ3v) is 5.05. The van der Waals surface area contributed by atoms with E-state index in [4.69, 9.17) is 22.1 Å². The van der Waals surface area contributed by atoms with E-state index in [0.717, 1.165) is 32.1 Å². The molecule has 2 aromatic heterocycles. The molecule has 0 saturated heterocycles. The highest BCUT2D eigenvalue weighted by molar-refractivity contribution is 6.28. The number of methoxy groups -OCH3 is 1. The lowest BCUT2D eigenvalue weighted by molar-refractivity contribution is 0.288. The summed E-state index contributed by atoms with van der Waals surface area (Å²) in [7, 11) is 1.60. The Bertz CT molecular complexity index is 659. The molecule has 5 nitrogen and oxygen atoms in total. The molecule has 0 spiro atoms. The van der Waals surface area contributed by atoms with E-state index in [-0.39, 0.29) is 11.3 Å². The van der Waals surface area contributed by atoms with Gasteiger partial charge in [-0.25, -0.2) is 9.97 Å². The van der Waals surface area contributed by atoms with E-state index in [2.05, 4.69) is 27.1 Å². The molecular weight excluding hydrogens is 324 g/mol. The minimum absolute atomic E-state index is 0.183. The standard InChI is InChI=1S/C18H23ClN4O/c1-24-16-11-22-18(19)23-17(16)14(20)10-12-5-7-13(8-6-12)15-4-2-3-9-21-15/h2-4,9,11-14H,5-8,10,20H2,1H3. The molecule has 0 aromatic carbocycles. The van der Waals surface area contributed by atoms with Crippen molar-refractivity contribution in [2.75, 3.05) is 7.11 Å². The van der Waals surface area contributed by atoms with E-state index in [1.165, 1.54) is 5.69 Å². The molecule has 0 bridgehead atoms. The molecule has 1 aliphatic rings. The molecule has 2 heterocycles. The van der Waals surface area contributed by atoms with Crippen molar-refractivity contribution >= 4 is 11.6 Å². The first kappa shape index (κ1) is 17.1. The fourth-order valence-corrected chi connectivity index (χ4v) is 3.71. The van der Waals surface area contributed by atoms with Crippen LogP contribution in [0.1, 0.15) is 55.5 Å². The Balaban J connectivity index is 1.59. The van der Waals surface area contributed by atoms with Crippen molar-refractivity contribution < 1.29 is 4.74 Å². The minimum Gasteiger partial charge on any atom is -0.493 e. The average Bonchev–Trinajstić information content (AvgIpc) is 2.63. The van der Waals surface area contributed by atoms with Crippen LogP contribution in [-0.2, 0) is 0 Å². The molecule has 6 heteroatoms.